The highest BCUT2D eigenvalue weighted by atomic mass is 16.5. The molecule has 3 aliphatic heterocycles. The van der Waals surface area contributed by atoms with Crippen LogP contribution in [0, 0.1) is 5.92 Å². The Morgan fingerprint density at radius 3 is 2.44 bits per heavy atom. The highest BCUT2D eigenvalue weighted by Gasteiger charge is 2.35. The van der Waals surface area contributed by atoms with Gasteiger partial charge >= 0.3 is 0 Å². The molecule has 0 aromatic heterocycles. The van der Waals surface area contributed by atoms with Crippen molar-refractivity contribution in [2.24, 2.45) is 10.9 Å². The van der Waals surface area contributed by atoms with Crippen molar-refractivity contribution < 1.29 is 9.47 Å². The van der Waals surface area contributed by atoms with Gasteiger partial charge in [0.2, 0.25) is 0 Å². The predicted octanol–water partition coefficient (Wildman–Crippen LogP) is 0.763. The fraction of sp³-hybridized carbons (Fsp3) is 0.950. The number of guanidine groups is 1. The zero-order chi connectivity index (χ0) is 19.1. The zero-order valence-electron chi connectivity index (χ0n) is 17.5. The fourth-order valence-electron chi connectivity index (χ4n) is 4.52. The van der Waals surface area contributed by atoms with E-state index in [2.05, 4.69) is 39.5 Å². The third kappa shape index (κ3) is 5.79. The van der Waals surface area contributed by atoms with Gasteiger partial charge in [-0.15, -0.1) is 0 Å². The molecule has 0 bridgehead atoms. The second-order valence-electron chi connectivity index (χ2n) is 8.61. The van der Waals surface area contributed by atoms with Crippen LogP contribution in [-0.2, 0) is 9.47 Å². The number of piperidine rings is 1. The van der Waals surface area contributed by atoms with Crippen LogP contribution in [0.4, 0.5) is 0 Å². The van der Waals surface area contributed by atoms with Crippen molar-refractivity contribution in [3.63, 3.8) is 0 Å². The van der Waals surface area contributed by atoms with Crippen molar-refractivity contribution in [3.8, 4) is 0 Å². The third-order valence-corrected chi connectivity index (χ3v) is 6.65. The van der Waals surface area contributed by atoms with Crippen LogP contribution in [0.3, 0.4) is 0 Å². The Morgan fingerprint density at radius 1 is 1.11 bits per heavy atom. The van der Waals surface area contributed by atoms with E-state index >= 15 is 0 Å². The van der Waals surface area contributed by atoms with Crippen molar-refractivity contribution in [3.05, 3.63) is 0 Å². The summed E-state index contributed by atoms with van der Waals surface area (Å²) in [5.74, 6) is 1.68. The monoisotopic (exact) mass is 381 g/mol. The number of hydrogen-bond acceptors (Lipinski definition) is 5. The quantitative estimate of drug-likeness (QED) is 0.523. The van der Waals surface area contributed by atoms with Crippen LogP contribution in [0.25, 0.3) is 0 Å². The smallest absolute Gasteiger partial charge is 0.191 e. The lowest BCUT2D eigenvalue weighted by molar-refractivity contribution is -0.00504. The second kappa shape index (κ2) is 10.0. The van der Waals surface area contributed by atoms with E-state index in [9.17, 15) is 0 Å². The number of ether oxygens (including phenoxy) is 2. The van der Waals surface area contributed by atoms with E-state index in [0.717, 1.165) is 57.7 Å². The van der Waals surface area contributed by atoms with Gasteiger partial charge in [0.15, 0.2) is 5.96 Å². The summed E-state index contributed by atoms with van der Waals surface area (Å²) in [5, 5.41) is 7.24. The molecule has 0 aromatic rings. The molecule has 3 fully saturated rings. The summed E-state index contributed by atoms with van der Waals surface area (Å²) in [6.07, 6.45) is 5.72. The number of nitrogens with one attached hydrogen (secondary N) is 2. The Morgan fingerprint density at radius 2 is 1.85 bits per heavy atom. The lowest BCUT2D eigenvalue weighted by atomic mass is 9.88. The molecule has 0 saturated carbocycles. The third-order valence-electron chi connectivity index (χ3n) is 6.65. The van der Waals surface area contributed by atoms with Gasteiger partial charge < -0.3 is 29.9 Å². The summed E-state index contributed by atoms with van der Waals surface area (Å²) in [6, 6.07) is 0.511. The highest BCUT2D eigenvalue weighted by Crippen LogP contribution is 2.25. The predicted molar refractivity (Wildman–Crippen MR) is 109 cm³/mol. The number of likely N-dealkylation sites (N-methyl/N-ethyl adjacent to an activating group) is 1. The van der Waals surface area contributed by atoms with Gasteiger partial charge in [-0.2, -0.15) is 0 Å². The van der Waals surface area contributed by atoms with Gasteiger partial charge in [-0.25, -0.2) is 0 Å². The van der Waals surface area contributed by atoms with Crippen LogP contribution < -0.4 is 10.6 Å². The van der Waals surface area contributed by atoms with E-state index in [1.165, 1.54) is 38.9 Å². The number of likely N-dealkylation sites (tertiary alicyclic amines) is 1. The molecule has 3 rings (SSSR count). The average molecular weight is 382 g/mol. The topological polar surface area (TPSA) is 61.4 Å². The molecular weight excluding hydrogens is 342 g/mol. The lowest BCUT2D eigenvalue weighted by Gasteiger charge is -2.43. The van der Waals surface area contributed by atoms with Crippen molar-refractivity contribution >= 4 is 5.96 Å². The molecule has 1 atom stereocenters. The molecule has 156 valence electrons. The standard InChI is InChI=1S/C20H39N5O2/c1-21-19(22-16-20(24(2)3)7-12-26-13-8-20)23-18-4-9-25(10-5-18)14-17-6-11-27-15-17/h17-18H,4-16H2,1-3H3,(H2,21,22,23). The van der Waals surface area contributed by atoms with Crippen molar-refractivity contribution in [2.45, 2.75) is 43.7 Å². The van der Waals surface area contributed by atoms with Crippen LogP contribution in [0.2, 0.25) is 0 Å². The van der Waals surface area contributed by atoms with Crippen molar-refractivity contribution in [1.29, 1.82) is 0 Å². The Bertz CT molecular complexity index is 465. The molecule has 3 aliphatic rings. The van der Waals surface area contributed by atoms with E-state index in [1.54, 1.807) is 0 Å². The van der Waals surface area contributed by atoms with E-state index in [1.807, 2.05) is 7.05 Å². The van der Waals surface area contributed by atoms with Crippen molar-refractivity contribution in [1.82, 2.24) is 20.4 Å². The molecule has 0 aromatic carbocycles. The summed E-state index contributed by atoms with van der Waals surface area (Å²) >= 11 is 0. The minimum absolute atomic E-state index is 0.155. The summed E-state index contributed by atoms with van der Waals surface area (Å²) < 4.78 is 11.1. The molecule has 0 radical (unpaired) electrons. The van der Waals surface area contributed by atoms with Gasteiger partial charge in [0.05, 0.1) is 6.61 Å². The molecule has 27 heavy (non-hydrogen) atoms. The minimum atomic E-state index is 0.155. The second-order valence-corrected chi connectivity index (χ2v) is 8.61. The van der Waals surface area contributed by atoms with Gasteiger partial charge in [0, 0.05) is 64.6 Å². The molecule has 0 aliphatic carbocycles. The van der Waals surface area contributed by atoms with Gasteiger partial charge in [0.25, 0.3) is 0 Å². The molecule has 0 amide bonds. The Hall–Kier alpha value is -0.890. The Kier molecular flexibility index (Phi) is 7.75. The fourth-order valence-corrected chi connectivity index (χ4v) is 4.52. The van der Waals surface area contributed by atoms with Crippen LogP contribution in [0.15, 0.2) is 4.99 Å². The van der Waals surface area contributed by atoms with Gasteiger partial charge in [-0.3, -0.25) is 4.99 Å². The molecule has 2 N–H and O–H groups in total. The Balaban J connectivity index is 1.41. The summed E-state index contributed by atoms with van der Waals surface area (Å²) in [7, 11) is 6.22. The first-order valence-electron chi connectivity index (χ1n) is 10.6. The Labute approximate surface area is 164 Å². The van der Waals surface area contributed by atoms with Crippen LogP contribution in [0.5, 0.6) is 0 Å². The summed E-state index contributed by atoms with van der Waals surface area (Å²) in [6.45, 7) is 8.04. The summed E-state index contributed by atoms with van der Waals surface area (Å²) in [4.78, 5) is 9.43. The average Bonchev–Trinajstić information content (AvgIpc) is 3.20. The SMILES string of the molecule is CN=C(NCC1(N(C)C)CCOCC1)NC1CCN(CC2CCOC2)CC1. The van der Waals surface area contributed by atoms with E-state index < -0.39 is 0 Å². The van der Waals surface area contributed by atoms with E-state index in [0.29, 0.717) is 6.04 Å². The molecule has 1 unspecified atom stereocenters. The maximum absolute atomic E-state index is 5.57. The van der Waals surface area contributed by atoms with Crippen LogP contribution in [0.1, 0.15) is 32.1 Å². The summed E-state index contributed by atoms with van der Waals surface area (Å²) in [5.41, 5.74) is 0.155. The molecule has 7 nitrogen and oxygen atoms in total. The molecule has 3 heterocycles. The maximum atomic E-state index is 5.57. The lowest BCUT2D eigenvalue weighted by Crippen LogP contribution is -2.58. The van der Waals surface area contributed by atoms with Crippen LogP contribution >= 0.6 is 0 Å². The molecular formula is C20H39N5O2. The first kappa shape index (κ1) is 20.8. The van der Waals surface area contributed by atoms with Crippen molar-refractivity contribution in [2.75, 3.05) is 73.7 Å². The number of hydrogen-bond donors (Lipinski definition) is 2. The maximum Gasteiger partial charge on any atom is 0.191 e. The minimum Gasteiger partial charge on any atom is -0.381 e. The van der Waals surface area contributed by atoms with Crippen LogP contribution in [-0.4, -0.2) is 101 Å². The normalized spacial score (nSPS) is 27.9. The zero-order valence-corrected chi connectivity index (χ0v) is 17.5. The molecule has 0 spiro atoms. The van der Waals surface area contributed by atoms with Gasteiger partial charge in [-0.1, -0.05) is 0 Å². The van der Waals surface area contributed by atoms with Gasteiger partial charge in [0.1, 0.15) is 0 Å². The number of rotatable bonds is 6. The van der Waals surface area contributed by atoms with E-state index in [4.69, 9.17) is 9.47 Å². The number of nitrogens with zero attached hydrogens (tertiary/aromatic N) is 3. The van der Waals surface area contributed by atoms with Gasteiger partial charge in [-0.05, 0) is 52.1 Å². The van der Waals surface area contributed by atoms with E-state index in [-0.39, 0.29) is 5.54 Å². The molecule has 3 saturated heterocycles. The number of aliphatic imine (C=N–C) groups is 1. The molecule has 7 heteroatoms. The first-order chi connectivity index (χ1) is 13.1. The highest BCUT2D eigenvalue weighted by molar-refractivity contribution is 5.80. The largest absolute Gasteiger partial charge is 0.381 e. The first-order valence-corrected chi connectivity index (χ1v) is 10.6.